The van der Waals surface area contributed by atoms with E-state index in [0.29, 0.717) is 31.4 Å². The Balaban J connectivity index is 1.51. The van der Waals surface area contributed by atoms with Gasteiger partial charge < -0.3 is 29.7 Å². The number of nitrogens with one attached hydrogen (secondary N) is 1. The van der Waals surface area contributed by atoms with Crippen molar-refractivity contribution in [1.29, 1.82) is 0 Å². The standard InChI is InChI=1S/C38H52BrN3O7/c1-5-8-19-30(44)40-22-29(25-15-11-9-12-16-25)48-37(47)31-32-35(45)42(28(23-43)24(4)7-3)34(38(32)21-27(39)33(31)49-38)36(46)41(20-6-2)26-17-13-10-14-18-26/h5-6,9,11-12,15-16,24,26-29,31-34,43H,1-2,7-8,10,13-14,17-23H2,3-4H3,(H,40,44)/t24-,27?,28-,29+,31+,32-,33+,34+,38-/m0/s1. The highest BCUT2D eigenvalue weighted by Gasteiger charge is 2.78. The van der Waals surface area contributed by atoms with Crippen LogP contribution >= 0.6 is 15.9 Å². The molecule has 0 aromatic heterocycles. The summed E-state index contributed by atoms with van der Waals surface area (Å²) < 4.78 is 13.0. The van der Waals surface area contributed by atoms with Crippen molar-refractivity contribution in [3.63, 3.8) is 0 Å². The van der Waals surface area contributed by atoms with Crippen molar-refractivity contribution in [2.75, 3.05) is 19.7 Å². The molecule has 268 valence electrons. The number of hydrogen-bond acceptors (Lipinski definition) is 7. The Hall–Kier alpha value is -3.02. The summed E-state index contributed by atoms with van der Waals surface area (Å²) in [6.07, 6.45) is 8.61. The predicted octanol–water partition coefficient (Wildman–Crippen LogP) is 4.86. The largest absolute Gasteiger partial charge is 0.455 e. The summed E-state index contributed by atoms with van der Waals surface area (Å²) in [6.45, 7) is 11.6. The summed E-state index contributed by atoms with van der Waals surface area (Å²) in [4.78, 5) is 59.8. The number of halogens is 1. The van der Waals surface area contributed by atoms with Crippen molar-refractivity contribution < 1.29 is 33.8 Å². The molecule has 1 aromatic carbocycles. The van der Waals surface area contributed by atoms with Crippen molar-refractivity contribution in [2.24, 2.45) is 17.8 Å². The van der Waals surface area contributed by atoms with Crippen LogP contribution in [-0.2, 0) is 28.7 Å². The summed E-state index contributed by atoms with van der Waals surface area (Å²) >= 11 is 3.76. The molecule has 3 saturated heterocycles. The SMILES string of the molecule is C=CCCC(=O)NC[C@@H](OC(=O)[C@H]1[C@@H]2O[C@@]3(CC2Br)[C@@H]1C(=O)N([C@@H](CO)[C@@H](C)CC)[C@@H]3C(=O)N(CC=C)C1CCCCC1)c1ccccc1. The van der Waals surface area contributed by atoms with Crippen LogP contribution in [0.3, 0.4) is 0 Å². The minimum absolute atomic E-state index is 0.00952. The molecule has 0 radical (unpaired) electrons. The third-order valence-electron chi connectivity index (χ3n) is 11.2. The van der Waals surface area contributed by atoms with E-state index >= 15 is 0 Å². The fourth-order valence-corrected chi connectivity index (χ4v) is 9.48. The van der Waals surface area contributed by atoms with Gasteiger partial charge in [0.2, 0.25) is 17.7 Å². The number of carbonyl (C=O) groups excluding carboxylic acids is 4. The lowest BCUT2D eigenvalue weighted by Crippen LogP contribution is -2.61. The molecule has 3 aliphatic heterocycles. The molecular weight excluding hydrogens is 690 g/mol. The molecule has 3 amide bonds. The van der Waals surface area contributed by atoms with Crippen LogP contribution in [-0.4, -0.2) is 93.0 Å². The number of aliphatic hydroxyl groups excluding tert-OH is 1. The van der Waals surface area contributed by atoms with Crippen LogP contribution in [0.1, 0.15) is 83.3 Å². The Bertz CT molecular complexity index is 1370. The van der Waals surface area contributed by atoms with Crippen LogP contribution in [0.5, 0.6) is 0 Å². The van der Waals surface area contributed by atoms with Crippen LogP contribution in [0.25, 0.3) is 0 Å². The fourth-order valence-electron chi connectivity index (χ4n) is 8.54. The first-order valence-corrected chi connectivity index (χ1v) is 18.8. The number of amides is 3. The molecule has 9 atom stereocenters. The number of hydrogen-bond donors (Lipinski definition) is 2. The van der Waals surface area contributed by atoms with Crippen LogP contribution in [0, 0.1) is 17.8 Å². The van der Waals surface area contributed by atoms with E-state index < -0.39 is 47.7 Å². The van der Waals surface area contributed by atoms with Crippen LogP contribution in [0.4, 0.5) is 0 Å². The average Bonchev–Trinajstić information content (AvgIpc) is 3.71. The van der Waals surface area contributed by atoms with Gasteiger partial charge in [0, 0.05) is 23.8 Å². The predicted molar refractivity (Wildman–Crippen MR) is 189 cm³/mol. The third-order valence-corrected chi connectivity index (χ3v) is 12.0. The van der Waals surface area contributed by atoms with Gasteiger partial charge in [-0.05, 0) is 37.2 Å². The van der Waals surface area contributed by atoms with Crippen molar-refractivity contribution in [2.45, 2.75) is 112 Å². The van der Waals surface area contributed by atoms with Crippen molar-refractivity contribution in [3.05, 3.63) is 61.2 Å². The Morgan fingerprint density at radius 2 is 1.90 bits per heavy atom. The molecule has 1 saturated carbocycles. The van der Waals surface area contributed by atoms with Crippen molar-refractivity contribution >= 4 is 39.6 Å². The van der Waals surface area contributed by atoms with Gasteiger partial charge >= 0.3 is 5.97 Å². The molecule has 4 fully saturated rings. The van der Waals surface area contributed by atoms with Gasteiger partial charge in [-0.2, -0.15) is 0 Å². The molecule has 1 unspecified atom stereocenters. The van der Waals surface area contributed by atoms with Gasteiger partial charge in [0.05, 0.1) is 37.1 Å². The molecular formula is C38H52BrN3O7. The number of benzene rings is 1. The van der Waals surface area contributed by atoms with E-state index in [2.05, 4.69) is 34.4 Å². The van der Waals surface area contributed by atoms with Gasteiger partial charge in [0.25, 0.3) is 0 Å². The smallest absolute Gasteiger partial charge is 0.313 e. The first-order chi connectivity index (χ1) is 23.6. The Morgan fingerprint density at radius 1 is 1.18 bits per heavy atom. The molecule has 1 aliphatic carbocycles. The number of fused-ring (bicyclic) bond motifs is 1. The number of esters is 1. The molecule has 5 rings (SSSR count). The van der Waals surface area contributed by atoms with Crippen LogP contribution in [0.15, 0.2) is 55.6 Å². The number of allylic oxidation sites excluding steroid dienone is 1. The summed E-state index contributed by atoms with van der Waals surface area (Å²) in [5, 5.41) is 13.6. The minimum atomic E-state index is -1.28. The van der Waals surface area contributed by atoms with Gasteiger partial charge in [0.1, 0.15) is 17.7 Å². The maximum absolute atomic E-state index is 15.0. The van der Waals surface area contributed by atoms with Crippen molar-refractivity contribution in [3.8, 4) is 0 Å². The van der Waals surface area contributed by atoms with Crippen molar-refractivity contribution in [1.82, 2.24) is 15.1 Å². The summed E-state index contributed by atoms with van der Waals surface area (Å²) in [5.41, 5.74) is -0.585. The van der Waals surface area contributed by atoms with E-state index in [4.69, 9.17) is 9.47 Å². The second-order valence-corrected chi connectivity index (χ2v) is 15.3. The highest BCUT2D eigenvalue weighted by Crippen LogP contribution is 2.61. The molecule has 2 bridgehead atoms. The lowest BCUT2D eigenvalue weighted by Gasteiger charge is -2.43. The molecule has 2 N–H and O–H groups in total. The van der Waals surface area contributed by atoms with Gasteiger partial charge in [-0.15, -0.1) is 13.2 Å². The quantitative estimate of drug-likeness (QED) is 0.141. The zero-order chi connectivity index (χ0) is 35.3. The molecule has 49 heavy (non-hydrogen) atoms. The van der Waals surface area contributed by atoms with Crippen LogP contribution < -0.4 is 5.32 Å². The number of ether oxygens (including phenoxy) is 2. The molecule has 11 heteroatoms. The monoisotopic (exact) mass is 741 g/mol. The van der Waals surface area contributed by atoms with E-state index in [1.165, 1.54) is 0 Å². The van der Waals surface area contributed by atoms with E-state index in [9.17, 15) is 24.3 Å². The van der Waals surface area contributed by atoms with E-state index in [1.54, 1.807) is 17.1 Å². The number of likely N-dealkylation sites (tertiary alicyclic amines) is 1. The molecule has 3 heterocycles. The van der Waals surface area contributed by atoms with E-state index in [-0.39, 0.29) is 54.1 Å². The van der Waals surface area contributed by atoms with E-state index in [1.807, 2.05) is 49.1 Å². The lowest BCUT2D eigenvalue weighted by atomic mass is 9.70. The first-order valence-electron chi connectivity index (χ1n) is 17.9. The second-order valence-electron chi connectivity index (χ2n) is 14.1. The highest BCUT2D eigenvalue weighted by atomic mass is 79.9. The molecule has 10 nitrogen and oxygen atoms in total. The summed E-state index contributed by atoms with van der Waals surface area (Å²) in [5.74, 6) is -3.47. The Kier molecular flexibility index (Phi) is 12.4. The van der Waals surface area contributed by atoms with Gasteiger partial charge in [-0.25, -0.2) is 0 Å². The first kappa shape index (κ1) is 37.2. The third kappa shape index (κ3) is 7.26. The number of aliphatic hydroxyl groups is 1. The Labute approximate surface area is 298 Å². The maximum atomic E-state index is 15.0. The Morgan fingerprint density at radius 3 is 2.53 bits per heavy atom. The summed E-state index contributed by atoms with van der Waals surface area (Å²) in [6, 6.07) is 7.53. The molecule has 1 aromatic rings. The maximum Gasteiger partial charge on any atom is 0.313 e. The second kappa shape index (κ2) is 16.3. The normalized spacial score (nSPS) is 29.5. The van der Waals surface area contributed by atoms with Gasteiger partial charge in [0.15, 0.2) is 0 Å². The number of alkyl halides is 1. The van der Waals surface area contributed by atoms with Gasteiger partial charge in [-0.3, -0.25) is 19.2 Å². The summed E-state index contributed by atoms with van der Waals surface area (Å²) in [7, 11) is 0. The number of rotatable bonds is 16. The van der Waals surface area contributed by atoms with Gasteiger partial charge in [-0.1, -0.05) is 97.9 Å². The number of carbonyl (C=O) groups is 4. The highest BCUT2D eigenvalue weighted by molar-refractivity contribution is 9.09. The lowest BCUT2D eigenvalue weighted by molar-refractivity contribution is -0.161. The zero-order valence-corrected chi connectivity index (χ0v) is 30.4. The zero-order valence-electron chi connectivity index (χ0n) is 28.8. The molecule has 4 aliphatic rings. The topological polar surface area (TPSA) is 125 Å². The average molecular weight is 743 g/mol. The van der Waals surface area contributed by atoms with Crippen LogP contribution in [0.2, 0.25) is 0 Å². The molecule has 1 spiro atoms. The number of nitrogens with zero attached hydrogens (tertiary/aromatic N) is 2. The minimum Gasteiger partial charge on any atom is -0.455 e. The fraction of sp³-hybridized carbons (Fsp3) is 0.632. The van der Waals surface area contributed by atoms with E-state index in [0.717, 1.165) is 32.1 Å².